The van der Waals surface area contributed by atoms with Crippen LogP contribution in [0.15, 0.2) is 29.3 Å². The van der Waals surface area contributed by atoms with E-state index in [0.29, 0.717) is 60.7 Å². The largest absolute Gasteiger partial charge is 0.457 e. The minimum absolute atomic E-state index is 0.0194. The van der Waals surface area contributed by atoms with Crippen LogP contribution < -0.4 is 4.90 Å². The first-order chi connectivity index (χ1) is 17.9. The van der Waals surface area contributed by atoms with Crippen LogP contribution in [-0.2, 0) is 35.2 Å². The highest BCUT2D eigenvalue weighted by atomic mass is 16.5. The second-order valence-corrected chi connectivity index (χ2v) is 9.55. The molecule has 0 N–H and O–H groups in total. The minimum atomic E-state index is -0.380. The maximum Gasteiger partial charge on any atom is 0.338 e. The Kier molecular flexibility index (Phi) is 9.07. The molecule has 1 aromatic carbocycles. The number of esters is 1. The van der Waals surface area contributed by atoms with Crippen LogP contribution in [0.25, 0.3) is 0 Å². The molecule has 0 radical (unpaired) electrons. The van der Waals surface area contributed by atoms with Crippen molar-refractivity contribution in [2.45, 2.75) is 39.2 Å². The molecular weight excluding hydrogens is 478 g/mol. The SMILES string of the molecule is COCCOCC(=O)N1CCN(CCCCCC2=C(C)C(=O)N(c3ccc4c(c3)COC4=O)C2=O)CC1. The van der Waals surface area contributed by atoms with E-state index >= 15 is 0 Å². The molecule has 37 heavy (non-hydrogen) atoms. The average Bonchev–Trinajstić information content (AvgIpc) is 3.37. The number of hydrogen-bond donors (Lipinski definition) is 0. The fourth-order valence-corrected chi connectivity index (χ4v) is 4.90. The maximum atomic E-state index is 13.1. The molecule has 1 fully saturated rings. The summed E-state index contributed by atoms with van der Waals surface area (Å²) in [7, 11) is 1.60. The third-order valence-corrected chi connectivity index (χ3v) is 7.15. The molecule has 3 amide bonds. The molecule has 1 saturated heterocycles. The molecule has 0 saturated carbocycles. The van der Waals surface area contributed by atoms with Gasteiger partial charge in [0.2, 0.25) is 5.91 Å². The number of amides is 3. The van der Waals surface area contributed by atoms with Crippen LogP contribution in [0.3, 0.4) is 0 Å². The number of carbonyl (C=O) groups is 4. The van der Waals surface area contributed by atoms with Gasteiger partial charge in [-0.05, 0) is 50.9 Å². The summed E-state index contributed by atoms with van der Waals surface area (Å²) in [4.78, 5) is 55.2. The molecule has 0 aromatic heterocycles. The Hall–Kier alpha value is -3.08. The van der Waals surface area contributed by atoms with Crippen LogP contribution in [0.5, 0.6) is 0 Å². The quantitative estimate of drug-likeness (QED) is 0.237. The molecule has 0 atom stereocenters. The van der Waals surface area contributed by atoms with Gasteiger partial charge < -0.3 is 19.1 Å². The van der Waals surface area contributed by atoms with Crippen LogP contribution in [-0.4, -0.2) is 93.1 Å². The Balaban J connectivity index is 1.17. The van der Waals surface area contributed by atoms with E-state index < -0.39 is 0 Å². The summed E-state index contributed by atoms with van der Waals surface area (Å²) in [6.45, 7) is 6.89. The number of benzene rings is 1. The number of fused-ring (bicyclic) bond motifs is 1. The lowest BCUT2D eigenvalue weighted by molar-refractivity contribution is -0.138. The van der Waals surface area contributed by atoms with E-state index in [1.54, 1.807) is 32.2 Å². The number of cyclic esters (lactones) is 1. The number of anilines is 1. The first-order valence-corrected chi connectivity index (χ1v) is 12.9. The van der Waals surface area contributed by atoms with Gasteiger partial charge in [-0.3, -0.25) is 19.3 Å². The van der Waals surface area contributed by atoms with Gasteiger partial charge in [0.25, 0.3) is 11.8 Å². The van der Waals surface area contributed by atoms with Gasteiger partial charge in [-0.2, -0.15) is 0 Å². The molecule has 10 nitrogen and oxygen atoms in total. The van der Waals surface area contributed by atoms with Gasteiger partial charge in [0.15, 0.2) is 0 Å². The van der Waals surface area contributed by atoms with Gasteiger partial charge >= 0.3 is 5.97 Å². The Morgan fingerprint density at radius 1 is 1.00 bits per heavy atom. The van der Waals surface area contributed by atoms with E-state index in [9.17, 15) is 19.2 Å². The molecule has 0 bridgehead atoms. The molecular formula is C27H35N3O7. The lowest BCUT2D eigenvalue weighted by atomic mass is 10.0. The van der Waals surface area contributed by atoms with Gasteiger partial charge in [-0.1, -0.05) is 6.42 Å². The summed E-state index contributed by atoms with van der Waals surface area (Å²) in [5.74, 6) is -0.943. The summed E-state index contributed by atoms with van der Waals surface area (Å²) in [6, 6.07) is 4.92. The Bertz CT molecular complexity index is 1080. The molecule has 3 aliphatic heterocycles. The van der Waals surface area contributed by atoms with E-state index in [2.05, 4.69) is 4.90 Å². The van der Waals surface area contributed by atoms with Crippen molar-refractivity contribution in [2.75, 3.05) is 64.6 Å². The second-order valence-electron chi connectivity index (χ2n) is 9.55. The maximum absolute atomic E-state index is 13.1. The molecule has 4 rings (SSSR count). The number of ether oxygens (including phenoxy) is 3. The van der Waals surface area contributed by atoms with E-state index in [1.165, 1.54) is 4.90 Å². The monoisotopic (exact) mass is 513 g/mol. The molecule has 200 valence electrons. The molecule has 1 aromatic rings. The highest BCUT2D eigenvalue weighted by Gasteiger charge is 2.37. The van der Waals surface area contributed by atoms with Gasteiger partial charge in [0.1, 0.15) is 13.2 Å². The van der Waals surface area contributed by atoms with Gasteiger partial charge in [-0.15, -0.1) is 0 Å². The molecule has 0 aliphatic carbocycles. The normalized spacial score (nSPS) is 18.2. The van der Waals surface area contributed by atoms with E-state index in [1.807, 2.05) is 4.90 Å². The zero-order valence-corrected chi connectivity index (χ0v) is 21.6. The fourth-order valence-electron chi connectivity index (χ4n) is 4.90. The zero-order valence-electron chi connectivity index (χ0n) is 21.6. The number of methoxy groups -OCH3 is 1. The standard InChI is InChI=1S/C27H35N3O7/c1-19-22(26(33)30(25(19)32)21-7-8-23-20(16-21)17-37-27(23)34)6-4-3-5-9-28-10-12-29(13-11-28)24(31)18-36-15-14-35-2/h7-8,16H,3-6,9-15,17-18H2,1-2H3. The third-order valence-electron chi connectivity index (χ3n) is 7.15. The smallest absolute Gasteiger partial charge is 0.338 e. The molecule has 3 aliphatic rings. The highest BCUT2D eigenvalue weighted by molar-refractivity contribution is 6.32. The van der Waals surface area contributed by atoms with Crippen molar-refractivity contribution in [1.82, 2.24) is 9.80 Å². The predicted molar refractivity (Wildman–Crippen MR) is 135 cm³/mol. The van der Waals surface area contributed by atoms with E-state index in [0.717, 1.165) is 38.9 Å². The van der Waals surface area contributed by atoms with Crippen molar-refractivity contribution in [1.29, 1.82) is 0 Å². The first-order valence-electron chi connectivity index (χ1n) is 12.9. The van der Waals surface area contributed by atoms with E-state index in [4.69, 9.17) is 14.2 Å². The third kappa shape index (κ3) is 6.26. The van der Waals surface area contributed by atoms with Crippen LogP contribution >= 0.6 is 0 Å². The van der Waals surface area contributed by atoms with Crippen molar-refractivity contribution in [3.63, 3.8) is 0 Å². The number of piperazine rings is 1. The summed E-state index contributed by atoms with van der Waals surface area (Å²) in [6.07, 6.45) is 3.32. The van der Waals surface area contributed by atoms with Crippen LogP contribution in [0.1, 0.15) is 48.5 Å². The topological polar surface area (TPSA) is 106 Å². The highest BCUT2D eigenvalue weighted by Crippen LogP contribution is 2.32. The van der Waals surface area contributed by atoms with Crippen molar-refractivity contribution < 1.29 is 33.4 Å². The number of nitrogens with zero attached hydrogens (tertiary/aromatic N) is 3. The number of rotatable bonds is 12. The average molecular weight is 514 g/mol. The zero-order chi connectivity index (χ0) is 26.4. The fraction of sp³-hybridized carbons (Fsp3) is 0.556. The van der Waals surface area contributed by atoms with Crippen molar-refractivity contribution >= 4 is 29.4 Å². The number of hydrogen-bond acceptors (Lipinski definition) is 8. The van der Waals surface area contributed by atoms with Gasteiger partial charge in [0.05, 0.1) is 24.5 Å². The van der Waals surface area contributed by atoms with Gasteiger partial charge in [-0.25, -0.2) is 9.69 Å². The Morgan fingerprint density at radius 2 is 1.78 bits per heavy atom. The summed E-state index contributed by atoms with van der Waals surface area (Å²) >= 11 is 0. The van der Waals surface area contributed by atoms with Crippen molar-refractivity contribution in [3.05, 3.63) is 40.5 Å². The number of carbonyl (C=O) groups excluding carboxylic acids is 4. The van der Waals surface area contributed by atoms with Crippen molar-refractivity contribution in [2.24, 2.45) is 0 Å². The number of unbranched alkanes of at least 4 members (excludes halogenated alkanes) is 2. The summed E-state index contributed by atoms with van der Waals surface area (Å²) in [5.41, 5.74) is 2.70. The first kappa shape index (κ1) is 27.0. The van der Waals surface area contributed by atoms with Crippen LogP contribution in [0.4, 0.5) is 5.69 Å². The Morgan fingerprint density at radius 3 is 2.54 bits per heavy atom. The summed E-state index contributed by atoms with van der Waals surface area (Å²) in [5, 5.41) is 0. The van der Waals surface area contributed by atoms with Crippen molar-refractivity contribution in [3.8, 4) is 0 Å². The Labute approximate surface area is 217 Å². The van der Waals surface area contributed by atoms with E-state index in [-0.39, 0.29) is 36.9 Å². The molecule has 3 heterocycles. The van der Waals surface area contributed by atoms with Crippen LogP contribution in [0, 0.1) is 0 Å². The summed E-state index contributed by atoms with van der Waals surface area (Å²) < 4.78 is 15.3. The molecule has 0 spiro atoms. The van der Waals surface area contributed by atoms with Gasteiger partial charge in [0, 0.05) is 50.0 Å². The van der Waals surface area contributed by atoms with Crippen LogP contribution in [0.2, 0.25) is 0 Å². The molecule has 0 unspecified atom stereocenters. The minimum Gasteiger partial charge on any atom is -0.457 e. The lowest BCUT2D eigenvalue weighted by Crippen LogP contribution is -2.49. The second kappa shape index (κ2) is 12.4. The molecule has 10 heteroatoms. The lowest BCUT2D eigenvalue weighted by Gasteiger charge is -2.34. The number of imide groups is 1. The predicted octanol–water partition coefficient (Wildman–Crippen LogP) is 1.91.